The Labute approximate surface area is 122 Å². The van der Waals surface area contributed by atoms with Crippen LogP contribution >= 0.6 is 0 Å². The third-order valence-corrected chi connectivity index (χ3v) is 3.78. The molecule has 1 heterocycles. The Morgan fingerprint density at radius 3 is 2.60 bits per heavy atom. The van der Waals surface area contributed by atoms with E-state index in [4.69, 9.17) is 5.73 Å². The van der Waals surface area contributed by atoms with Crippen molar-refractivity contribution in [3.63, 3.8) is 0 Å². The smallest absolute Gasteiger partial charge is 0.0830 e. The number of nitrogens with zero attached hydrogens (tertiary/aromatic N) is 1. The van der Waals surface area contributed by atoms with Gasteiger partial charge in [0.25, 0.3) is 0 Å². The van der Waals surface area contributed by atoms with Gasteiger partial charge in [-0.25, -0.2) is 0 Å². The topological polar surface area (TPSA) is 49.5 Å². The molecule has 0 aromatic heterocycles. The summed E-state index contributed by atoms with van der Waals surface area (Å²) in [4.78, 5) is 2.24. The maximum atomic E-state index is 9.78. The van der Waals surface area contributed by atoms with Gasteiger partial charge in [0.15, 0.2) is 0 Å². The molecule has 1 fully saturated rings. The van der Waals surface area contributed by atoms with Crippen molar-refractivity contribution in [1.29, 1.82) is 0 Å². The van der Waals surface area contributed by atoms with Gasteiger partial charge in [0.1, 0.15) is 0 Å². The van der Waals surface area contributed by atoms with Gasteiger partial charge in [0.05, 0.1) is 6.10 Å². The highest BCUT2D eigenvalue weighted by Crippen LogP contribution is 2.20. The molecule has 0 spiro atoms. The molecule has 1 aromatic carbocycles. The van der Waals surface area contributed by atoms with Crippen LogP contribution in [0.4, 0.5) is 0 Å². The zero-order chi connectivity index (χ0) is 14.5. The Kier molecular flexibility index (Phi) is 5.35. The molecule has 1 aliphatic rings. The average Bonchev–Trinajstić information content (AvgIpc) is 2.74. The van der Waals surface area contributed by atoms with Crippen LogP contribution in [0.1, 0.15) is 25.8 Å². The molecular formula is C17H26N2O. The van der Waals surface area contributed by atoms with E-state index < -0.39 is 6.10 Å². The minimum atomic E-state index is -0.392. The fraction of sp³-hybridized carbons (Fsp3) is 0.529. The van der Waals surface area contributed by atoms with Gasteiger partial charge in [-0.2, -0.15) is 0 Å². The normalized spacial score (nSPS) is 24.6. The highest BCUT2D eigenvalue weighted by atomic mass is 16.3. The van der Waals surface area contributed by atoms with Gasteiger partial charge in [0, 0.05) is 25.7 Å². The highest BCUT2D eigenvalue weighted by molar-refractivity contribution is 5.66. The van der Waals surface area contributed by atoms with E-state index in [-0.39, 0.29) is 6.04 Å². The van der Waals surface area contributed by atoms with Gasteiger partial charge >= 0.3 is 0 Å². The Morgan fingerprint density at radius 1 is 1.35 bits per heavy atom. The van der Waals surface area contributed by atoms with Gasteiger partial charge in [-0.05, 0) is 23.5 Å². The number of nitrogens with two attached hydrogens (primary N) is 1. The first-order valence-corrected chi connectivity index (χ1v) is 7.46. The van der Waals surface area contributed by atoms with Crippen molar-refractivity contribution < 1.29 is 5.11 Å². The maximum Gasteiger partial charge on any atom is 0.0830 e. The van der Waals surface area contributed by atoms with Crippen LogP contribution < -0.4 is 5.73 Å². The quantitative estimate of drug-likeness (QED) is 0.864. The average molecular weight is 274 g/mol. The zero-order valence-electron chi connectivity index (χ0n) is 12.5. The van der Waals surface area contributed by atoms with E-state index in [1.54, 1.807) is 0 Å². The molecule has 2 atom stereocenters. The molecule has 2 rings (SSSR count). The molecule has 20 heavy (non-hydrogen) atoms. The first-order chi connectivity index (χ1) is 9.56. The van der Waals surface area contributed by atoms with Crippen molar-refractivity contribution in [2.24, 2.45) is 11.7 Å². The van der Waals surface area contributed by atoms with Gasteiger partial charge in [-0.15, -0.1) is 0 Å². The van der Waals surface area contributed by atoms with Crippen LogP contribution in [0.25, 0.3) is 5.57 Å². The lowest BCUT2D eigenvalue weighted by Gasteiger charge is -2.18. The van der Waals surface area contributed by atoms with E-state index in [9.17, 15) is 5.11 Å². The minimum absolute atomic E-state index is 0.114. The molecule has 0 bridgehead atoms. The summed E-state index contributed by atoms with van der Waals surface area (Å²) in [5.74, 6) is 0.653. The summed E-state index contributed by atoms with van der Waals surface area (Å²) in [5.41, 5.74) is 8.49. The molecule has 3 N–H and O–H groups in total. The molecule has 0 radical (unpaired) electrons. The van der Waals surface area contributed by atoms with E-state index in [1.807, 2.05) is 6.07 Å². The van der Waals surface area contributed by atoms with Crippen LogP contribution in [0.5, 0.6) is 0 Å². The van der Waals surface area contributed by atoms with Crippen LogP contribution in [0.15, 0.2) is 36.4 Å². The molecule has 110 valence electrons. The summed E-state index contributed by atoms with van der Waals surface area (Å²) in [6.07, 6.45) is 3.01. The van der Waals surface area contributed by atoms with Crippen molar-refractivity contribution in [2.45, 2.75) is 32.4 Å². The molecule has 0 aliphatic carbocycles. The summed E-state index contributed by atoms with van der Waals surface area (Å²) in [6.45, 7) is 6.77. The summed E-state index contributed by atoms with van der Waals surface area (Å²) < 4.78 is 0. The fourth-order valence-electron chi connectivity index (χ4n) is 2.57. The van der Waals surface area contributed by atoms with Crippen LogP contribution in [-0.4, -0.2) is 41.8 Å². The van der Waals surface area contributed by atoms with Crippen molar-refractivity contribution >= 4 is 5.57 Å². The second-order valence-corrected chi connectivity index (χ2v) is 6.15. The first-order valence-electron chi connectivity index (χ1n) is 7.46. The van der Waals surface area contributed by atoms with Crippen LogP contribution in [0.3, 0.4) is 0 Å². The van der Waals surface area contributed by atoms with E-state index in [1.165, 1.54) is 11.1 Å². The molecule has 1 aromatic rings. The predicted molar refractivity (Wildman–Crippen MR) is 84.3 cm³/mol. The van der Waals surface area contributed by atoms with Gasteiger partial charge < -0.3 is 10.8 Å². The number of aliphatic hydroxyl groups is 1. The number of likely N-dealkylation sites (tertiary alicyclic amines) is 1. The van der Waals surface area contributed by atoms with E-state index in [0.717, 1.165) is 19.5 Å². The Morgan fingerprint density at radius 2 is 2.05 bits per heavy atom. The van der Waals surface area contributed by atoms with E-state index in [0.29, 0.717) is 12.5 Å². The van der Waals surface area contributed by atoms with Crippen molar-refractivity contribution in [1.82, 2.24) is 4.90 Å². The van der Waals surface area contributed by atoms with Crippen molar-refractivity contribution in [2.75, 3.05) is 19.6 Å². The molecular weight excluding hydrogens is 248 g/mol. The second kappa shape index (κ2) is 7.02. The first kappa shape index (κ1) is 15.2. The molecule has 0 amide bonds. The summed E-state index contributed by atoms with van der Waals surface area (Å²) in [7, 11) is 0. The largest absolute Gasteiger partial charge is 0.390 e. The van der Waals surface area contributed by atoms with E-state index >= 15 is 0 Å². The van der Waals surface area contributed by atoms with Crippen LogP contribution in [0.2, 0.25) is 0 Å². The number of benzene rings is 1. The number of allylic oxidation sites excluding steroid dienone is 1. The molecule has 1 aliphatic heterocycles. The highest BCUT2D eigenvalue weighted by Gasteiger charge is 2.28. The lowest BCUT2D eigenvalue weighted by Crippen LogP contribution is -2.32. The van der Waals surface area contributed by atoms with Gasteiger partial charge in [-0.3, -0.25) is 4.90 Å². The monoisotopic (exact) mass is 274 g/mol. The molecule has 0 saturated carbocycles. The lowest BCUT2D eigenvalue weighted by atomic mass is 10.0. The molecule has 3 heteroatoms. The molecule has 3 nitrogen and oxygen atoms in total. The summed E-state index contributed by atoms with van der Waals surface area (Å²) >= 11 is 0. The summed E-state index contributed by atoms with van der Waals surface area (Å²) in [5, 5.41) is 9.78. The Balaban J connectivity index is 2.09. The Bertz CT molecular complexity index is 432. The number of hydrogen-bond donors (Lipinski definition) is 2. The standard InChI is InChI=1S/C17H26N2O/c1-13(2)8-9-15(14-6-4-3-5-7-14)10-19-11-16(18)17(20)12-19/h3-7,9,13,16-17,20H,8,10-12,18H2,1-2H3/t16-,17-/m1/s1. The number of hydrogen-bond acceptors (Lipinski definition) is 3. The Hall–Kier alpha value is -1.16. The lowest BCUT2D eigenvalue weighted by molar-refractivity contribution is 0.168. The fourth-order valence-corrected chi connectivity index (χ4v) is 2.57. The van der Waals surface area contributed by atoms with E-state index in [2.05, 4.69) is 49.1 Å². The minimum Gasteiger partial charge on any atom is -0.390 e. The molecule has 1 saturated heterocycles. The van der Waals surface area contributed by atoms with Crippen molar-refractivity contribution in [3.8, 4) is 0 Å². The zero-order valence-corrected chi connectivity index (χ0v) is 12.5. The summed E-state index contributed by atoms with van der Waals surface area (Å²) in [6, 6.07) is 10.4. The number of rotatable bonds is 5. The third kappa shape index (κ3) is 4.17. The number of aliphatic hydroxyl groups excluding tert-OH is 1. The van der Waals surface area contributed by atoms with Crippen molar-refractivity contribution in [3.05, 3.63) is 42.0 Å². The predicted octanol–water partition coefficient (Wildman–Crippen LogP) is 2.12. The van der Waals surface area contributed by atoms with Crippen LogP contribution in [-0.2, 0) is 0 Å². The van der Waals surface area contributed by atoms with Gasteiger partial charge in [0.2, 0.25) is 0 Å². The SMILES string of the molecule is CC(C)CC=C(CN1C[C@@H](N)[C@H](O)C1)c1ccccc1. The number of β-amino-alcohol motifs (C(OH)–C–C–N with tert-alkyl or cyclic N) is 1. The third-order valence-electron chi connectivity index (χ3n) is 3.78. The second-order valence-electron chi connectivity index (χ2n) is 6.15. The van der Waals surface area contributed by atoms with Crippen LogP contribution in [0, 0.1) is 5.92 Å². The van der Waals surface area contributed by atoms with Gasteiger partial charge in [-0.1, -0.05) is 50.3 Å². The maximum absolute atomic E-state index is 9.78. The molecule has 0 unspecified atom stereocenters.